The molecule has 0 fully saturated rings. The van der Waals surface area contributed by atoms with Crippen molar-refractivity contribution >= 4 is 19.5 Å². The van der Waals surface area contributed by atoms with Crippen LogP contribution in [0.5, 0.6) is 0 Å². The molecule has 0 aromatic heterocycles. The van der Waals surface area contributed by atoms with Gasteiger partial charge in [0.2, 0.25) is 0 Å². The van der Waals surface area contributed by atoms with Crippen LogP contribution in [-0.4, -0.2) is 38.6 Å². The van der Waals surface area contributed by atoms with Crippen molar-refractivity contribution in [3.63, 3.8) is 0 Å². The number of rotatable bonds is 7. The van der Waals surface area contributed by atoms with Crippen LogP contribution >= 0.6 is 0 Å². The van der Waals surface area contributed by atoms with Gasteiger partial charge in [-0.05, 0) is 17.7 Å². The molecule has 2 aliphatic heterocycles. The van der Waals surface area contributed by atoms with Gasteiger partial charge in [-0.3, -0.25) is 4.79 Å². The topological polar surface area (TPSA) is 79.0 Å². The van der Waals surface area contributed by atoms with Crippen LogP contribution in [0.15, 0.2) is 75.6 Å². The lowest BCUT2D eigenvalue weighted by Gasteiger charge is -2.20. The van der Waals surface area contributed by atoms with E-state index in [0.717, 1.165) is 5.56 Å². The van der Waals surface area contributed by atoms with Crippen molar-refractivity contribution in [3.8, 4) is 0 Å². The zero-order valence-corrected chi connectivity index (χ0v) is 16.3. The lowest BCUT2D eigenvalue weighted by atomic mass is 9.84. The number of hydrogen-bond donors (Lipinski definition) is 0. The maximum Gasteiger partial charge on any atom is 0.442 e. The van der Waals surface area contributed by atoms with Gasteiger partial charge in [0, 0.05) is 23.7 Å². The summed E-state index contributed by atoms with van der Waals surface area (Å²) < 4.78 is 44.8. The van der Waals surface area contributed by atoms with Crippen LogP contribution in [0.4, 0.5) is 13.2 Å². The monoisotopic (exact) mass is 425 g/mol. The van der Waals surface area contributed by atoms with Crippen molar-refractivity contribution in [2.45, 2.75) is 17.4 Å². The highest BCUT2D eigenvalue weighted by atomic mass is 19.4. The second-order valence-corrected chi connectivity index (χ2v) is 7.15. The van der Waals surface area contributed by atoms with Crippen LogP contribution in [0.2, 0.25) is 0 Å². The minimum absolute atomic E-state index is 0.107. The van der Waals surface area contributed by atoms with E-state index in [-0.39, 0.29) is 17.9 Å². The molecular formula is C20H15BF3N5O2. The highest BCUT2D eigenvalue weighted by Crippen LogP contribution is 2.52. The largest absolute Gasteiger partial charge is 0.473 e. The first kappa shape index (κ1) is 20.8. The summed E-state index contributed by atoms with van der Waals surface area (Å²) in [5, 5.41) is 13.8. The number of halogens is 3. The number of benzene rings is 2. The predicted molar refractivity (Wildman–Crippen MR) is 105 cm³/mol. The molecule has 1 amide bonds. The van der Waals surface area contributed by atoms with Crippen molar-refractivity contribution in [3.05, 3.63) is 77.4 Å². The van der Waals surface area contributed by atoms with Crippen LogP contribution in [0.1, 0.15) is 27.0 Å². The van der Waals surface area contributed by atoms with E-state index in [1.807, 2.05) is 0 Å². The number of amides is 1. The molecule has 0 saturated heterocycles. The molecule has 11 heteroatoms. The zero-order chi connectivity index (χ0) is 22.4. The summed E-state index contributed by atoms with van der Waals surface area (Å²) in [6.45, 7) is 3.73. The minimum Gasteiger partial charge on any atom is -0.473 e. The summed E-state index contributed by atoms with van der Waals surface area (Å²) in [4.78, 5) is 13.8. The normalized spacial score (nSPS) is 17.2. The molecule has 2 aliphatic rings. The molecule has 156 valence electrons. The summed E-state index contributed by atoms with van der Waals surface area (Å²) in [5.74, 6) is -0.0937. The number of ether oxygens (including phenoxy) is 1. The summed E-state index contributed by atoms with van der Waals surface area (Å²) in [6, 6.07) is 12.0. The molecular weight excluding hydrogens is 410 g/mol. The zero-order valence-electron chi connectivity index (χ0n) is 16.3. The Labute approximate surface area is 176 Å². The van der Waals surface area contributed by atoms with Crippen molar-refractivity contribution < 1.29 is 22.7 Å². The van der Waals surface area contributed by atoms with Gasteiger partial charge in [-0.25, -0.2) is 0 Å². The standard InChI is InChI=1S/C20H15BF3N5O2/c1-12(13-3-9-16(10-4-13)19(21)27-28-19)31-11-29(2)17(30)14-5-7-15(8-6-14)18(25-26-18)20(22,23)24/h3-10H,1,11H2,2H3. The lowest BCUT2D eigenvalue weighted by molar-refractivity contribution is -0.166. The fraction of sp³-hybridized carbons (Fsp3) is 0.250. The molecule has 2 aromatic carbocycles. The third-order valence-electron chi connectivity index (χ3n) is 4.96. The predicted octanol–water partition coefficient (Wildman–Crippen LogP) is 4.33. The second-order valence-electron chi connectivity index (χ2n) is 7.15. The number of alkyl halides is 3. The molecule has 2 heterocycles. The van der Waals surface area contributed by atoms with Gasteiger partial charge in [-0.15, -0.1) is 10.2 Å². The van der Waals surface area contributed by atoms with Gasteiger partial charge >= 0.3 is 11.8 Å². The molecule has 2 radical (unpaired) electrons. The number of carbonyl (C=O) groups is 1. The van der Waals surface area contributed by atoms with E-state index in [9.17, 15) is 18.0 Å². The highest BCUT2D eigenvalue weighted by Gasteiger charge is 2.65. The van der Waals surface area contributed by atoms with Crippen LogP contribution in [0.25, 0.3) is 5.76 Å². The maximum absolute atomic E-state index is 13.1. The van der Waals surface area contributed by atoms with E-state index < -0.39 is 23.3 Å². The van der Waals surface area contributed by atoms with Crippen molar-refractivity contribution in [2.24, 2.45) is 20.5 Å². The van der Waals surface area contributed by atoms with Gasteiger partial charge in [0.15, 0.2) is 20.1 Å². The quantitative estimate of drug-likeness (QED) is 0.376. The minimum atomic E-state index is -4.62. The molecule has 0 unspecified atom stereocenters. The average molecular weight is 425 g/mol. The van der Waals surface area contributed by atoms with E-state index in [1.165, 1.54) is 36.2 Å². The van der Waals surface area contributed by atoms with Crippen LogP contribution < -0.4 is 0 Å². The van der Waals surface area contributed by atoms with Crippen molar-refractivity contribution in [1.82, 2.24) is 4.90 Å². The number of hydrogen-bond acceptors (Lipinski definition) is 6. The van der Waals surface area contributed by atoms with E-state index in [4.69, 9.17) is 12.6 Å². The van der Waals surface area contributed by atoms with Gasteiger partial charge in [0.05, 0.1) is 0 Å². The molecule has 2 aromatic rings. The molecule has 0 spiro atoms. The average Bonchev–Trinajstić information content (AvgIpc) is 3.67. The Morgan fingerprint density at radius 2 is 1.52 bits per heavy atom. The smallest absolute Gasteiger partial charge is 0.442 e. The Bertz CT molecular complexity index is 1090. The lowest BCUT2D eigenvalue weighted by Crippen LogP contribution is -2.31. The summed E-state index contributed by atoms with van der Waals surface area (Å²) in [5.41, 5.74) is -2.00. The van der Waals surface area contributed by atoms with Gasteiger partial charge in [-0.2, -0.15) is 23.4 Å². The van der Waals surface area contributed by atoms with Gasteiger partial charge in [0.25, 0.3) is 5.91 Å². The molecule has 0 saturated carbocycles. The third kappa shape index (κ3) is 3.83. The fourth-order valence-corrected chi connectivity index (χ4v) is 2.90. The Kier molecular flexibility index (Phi) is 4.71. The van der Waals surface area contributed by atoms with E-state index in [1.54, 1.807) is 24.3 Å². The van der Waals surface area contributed by atoms with E-state index >= 15 is 0 Å². The van der Waals surface area contributed by atoms with Gasteiger partial charge < -0.3 is 9.64 Å². The first-order valence-electron chi connectivity index (χ1n) is 9.08. The Hall–Kier alpha value is -3.50. The fourth-order valence-electron chi connectivity index (χ4n) is 2.90. The molecule has 31 heavy (non-hydrogen) atoms. The van der Waals surface area contributed by atoms with Crippen molar-refractivity contribution in [1.29, 1.82) is 0 Å². The molecule has 0 N–H and O–H groups in total. The van der Waals surface area contributed by atoms with Crippen LogP contribution in [-0.2, 0) is 16.0 Å². The molecule has 0 atom stereocenters. The highest BCUT2D eigenvalue weighted by molar-refractivity contribution is 6.16. The van der Waals surface area contributed by atoms with E-state index in [2.05, 4.69) is 27.0 Å². The molecule has 4 rings (SSSR count). The number of nitrogens with zero attached hydrogens (tertiary/aromatic N) is 5. The number of carbonyl (C=O) groups excluding carboxylic acids is 1. The third-order valence-corrected chi connectivity index (χ3v) is 4.96. The summed E-state index contributed by atoms with van der Waals surface area (Å²) in [7, 11) is 7.35. The summed E-state index contributed by atoms with van der Waals surface area (Å²) >= 11 is 0. The second kappa shape index (κ2) is 7.04. The summed E-state index contributed by atoms with van der Waals surface area (Å²) in [6.07, 6.45) is -4.62. The molecule has 7 nitrogen and oxygen atoms in total. The first-order valence-corrected chi connectivity index (χ1v) is 9.08. The van der Waals surface area contributed by atoms with E-state index in [0.29, 0.717) is 11.3 Å². The first-order chi connectivity index (χ1) is 14.6. The Morgan fingerprint density at radius 3 is 2.00 bits per heavy atom. The van der Waals surface area contributed by atoms with Gasteiger partial charge in [0.1, 0.15) is 5.76 Å². The maximum atomic E-state index is 13.1. The molecule has 0 bridgehead atoms. The molecule has 0 aliphatic carbocycles. The Morgan fingerprint density at radius 1 is 1.00 bits per heavy atom. The SMILES string of the molecule is [B]C1(c2ccc(C(=C)OCN(C)C(=O)c3ccc(C4(C(F)(F)F)N=N4)cc3)cc2)N=N1. The Balaban J connectivity index is 1.34. The van der Waals surface area contributed by atoms with Crippen LogP contribution in [0.3, 0.4) is 0 Å². The van der Waals surface area contributed by atoms with Gasteiger partial charge in [-0.1, -0.05) is 43.0 Å². The van der Waals surface area contributed by atoms with Crippen LogP contribution in [0, 0.1) is 0 Å². The van der Waals surface area contributed by atoms with Crippen molar-refractivity contribution in [2.75, 3.05) is 13.8 Å².